The molecule has 0 fully saturated rings. The zero-order chi connectivity index (χ0) is 10.4. The van der Waals surface area contributed by atoms with Gasteiger partial charge in [0, 0.05) is 31.2 Å². The molecule has 0 saturated heterocycles. The fraction of sp³-hybridized carbons (Fsp3) is 0.750. The van der Waals surface area contributed by atoms with Crippen LogP contribution in [0.2, 0.25) is 0 Å². The van der Waals surface area contributed by atoms with Crippen molar-refractivity contribution in [2.75, 3.05) is 25.6 Å². The molecule has 80 valence electrons. The van der Waals surface area contributed by atoms with E-state index in [9.17, 15) is 0 Å². The maximum atomic E-state index is 5.76. The lowest BCUT2D eigenvalue weighted by molar-refractivity contribution is 0.178. The first-order valence-corrected chi connectivity index (χ1v) is 5.28. The van der Waals surface area contributed by atoms with Crippen LogP contribution in [0.3, 0.4) is 0 Å². The predicted octanol–water partition coefficient (Wildman–Crippen LogP) is 0.622. The molecule has 0 aliphatic carbocycles. The zero-order valence-electron chi connectivity index (χ0n) is 8.49. The van der Waals surface area contributed by atoms with Gasteiger partial charge < -0.3 is 15.8 Å². The summed E-state index contributed by atoms with van der Waals surface area (Å²) in [5.41, 5.74) is 5.76. The fourth-order valence-corrected chi connectivity index (χ4v) is 1.63. The molecule has 1 unspecified atom stereocenters. The molecule has 0 spiro atoms. The first-order valence-electron chi connectivity index (χ1n) is 4.51. The van der Waals surface area contributed by atoms with E-state index in [2.05, 4.69) is 14.7 Å². The minimum Gasteiger partial charge on any atom is -0.383 e. The Bertz CT molecular complexity index is 266. The Morgan fingerprint density at radius 1 is 1.64 bits per heavy atom. The smallest absolute Gasteiger partial charge is 0.202 e. The van der Waals surface area contributed by atoms with Crippen molar-refractivity contribution >= 4 is 16.7 Å². The Morgan fingerprint density at radius 2 is 2.43 bits per heavy atom. The Morgan fingerprint density at radius 3 is 3.00 bits per heavy atom. The molecule has 0 aromatic carbocycles. The summed E-state index contributed by atoms with van der Waals surface area (Å²) in [5.74, 6) is 0.804. The van der Waals surface area contributed by atoms with Crippen LogP contribution in [0.4, 0.5) is 5.13 Å². The normalized spacial score (nSPS) is 12.8. The van der Waals surface area contributed by atoms with E-state index < -0.39 is 0 Å². The topological polar surface area (TPSA) is 73.1 Å². The van der Waals surface area contributed by atoms with Crippen molar-refractivity contribution in [3.05, 3.63) is 5.82 Å². The Hall–Kier alpha value is -0.720. The number of methoxy groups -OCH3 is 1. The molecule has 14 heavy (non-hydrogen) atoms. The molecule has 5 nitrogen and oxygen atoms in total. The minimum atomic E-state index is 0.0847. The van der Waals surface area contributed by atoms with Gasteiger partial charge in [0.1, 0.15) is 5.82 Å². The van der Waals surface area contributed by atoms with Crippen LogP contribution in [-0.2, 0) is 4.74 Å². The lowest BCUT2D eigenvalue weighted by atomic mass is 10.2. The molecule has 1 rings (SSSR count). The first-order chi connectivity index (χ1) is 6.72. The highest BCUT2D eigenvalue weighted by molar-refractivity contribution is 7.09. The molecule has 1 heterocycles. The molecule has 0 radical (unpaired) electrons. The summed E-state index contributed by atoms with van der Waals surface area (Å²) in [5, 5.41) is 4.02. The maximum absolute atomic E-state index is 5.76. The predicted molar refractivity (Wildman–Crippen MR) is 57.6 cm³/mol. The summed E-state index contributed by atoms with van der Waals surface area (Å²) in [7, 11) is 1.65. The van der Waals surface area contributed by atoms with Crippen LogP contribution in [0.5, 0.6) is 0 Å². The van der Waals surface area contributed by atoms with Gasteiger partial charge in [0.2, 0.25) is 5.13 Å². The highest BCUT2D eigenvalue weighted by Gasteiger charge is 2.02. The van der Waals surface area contributed by atoms with Gasteiger partial charge in [0.15, 0.2) is 0 Å². The van der Waals surface area contributed by atoms with E-state index in [-0.39, 0.29) is 6.04 Å². The number of hydrogen-bond donors (Lipinski definition) is 2. The number of nitrogens with two attached hydrogens (primary N) is 1. The summed E-state index contributed by atoms with van der Waals surface area (Å²) in [4.78, 5) is 4.18. The van der Waals surface area contributed by atoms with E-state index in [0.717, 1.165) is 23.9 Å². The molecular formula is C8H16N4OS. The number of ether oxygens (including phenoxy) is 1. The SMILES string of the molecule is COCC(N)CCNc1nc(C)ns1. The van der Waals surface area contributed by atoms with Crippen LogP contribution in [-0.4, -0.2) is 35.7 Å². The Labute approximate surface area is 87.8 Å². The van der Waals surface area contributed by atoms with Crippen LogP contribution >= 0.6 is 11.5 Å². The van der Waals surface area contributed by atoms with E-state index in [1.165, 1.54) is 11.5 Å². The molecular weight excluding hydrogens is 200 g/mol. The molecule has 0 aliphatic rings. The molecule has 6 heteroatoms. The highest BCUT2D eigenvalue weighted by Crippen LogP contribution is 2.09. The van der Waals surface area contributed by atoms with Crippen molar-refractivity contribution in [1.82, 2.24) is 9.36 Å². The molecule has 1 aromatic heterocycles. The standard InChI is InChI=1S/C8H16N4OS/c1-6-11-8(14-12-6)10-4-3-7(9)5-13-2/h7H,3-5,9H2,1-2H3,(H,10,11,12). The third-order valence-corrected chi connectivity index (χ3v) is 2.46. The van der Waals surface area contributed by atoms with Gasteiger partial charge in [-0.2, -0.15) is 4.37 Å². The molecule has 0 bridgehead atoms. The summed E-state index contributed by atoms with van der Waals surface area (Å²) in [6, 6.07) is 0.0847. The third-order valence-electron chi connectivity index (χ3n) is 1.70. The lowest BCUT2D eigenvalue weighted by Gasteiger charge is -2.09. The van der Waals surface area contributed by atoms with Crippen molar-refractivity contribution in [2.45, 2.75) is 19.4 Å². The van der Waals surface area contributed by atoms with Crippen molar-refractivity contribution in [3.63, 3.8) is 0 Å². The molecule has 0 saturated carbocycles. The van der Waals surface area contributed by atoms with Crippen LogP contribution in [0.25, 0.3) is 0 Å². The summed E-state index contributed by atoms with van der Waals surface area (Å²) in [6.07, 6.45) is 0.868. The monoisotopic (exact) mass is 216 g/mol. The van der Waals surface area contributed by atoms with E-state index >= 15 is 0 Å². The number of hydrogen-bond acceptors (Lipinski definition) is 6. The molecule has 1 aromatic rings. The van der Waals surface area contributed by atoms with Gasteiger partial charge in [0.05, 0.1) is 6.61 Å². The van der Waals surface area contributed by atoms with Crippen molar-refractivity contribution < 1.29 is 4.74 Å². The third kappa shape index (κ3) is 3.99. The highest BCUT2D eigenvalue weighted by atomic mass is 32.1. The van der Waals surface area contributed by atoms with E-state index in [4.69, 9.17) is 10.5 Å². The van der Waals surface area contributed by atoms with Crippen molar-refractivity contribution in [3.8, 4) is 0 Å². The van der Waals surface area contributed by atoms with Gasteiger partial charge in [0.25, 0.3) is 0 Å². The van der Waals surface area contributed by atoms with Crippen molar-refractivity contribution in [1.29, 1.82) is 0 Å². The number of nitrogens with one attached hydrogen (secondary N) is 1. The van der Waals surface area contributed by atoms with Crippen LogP contribution in [0, 0.1) is 6.92 Å². The van der Waals surface area contributed by atoms with E-state index in [0.29, 0.717) is 6.61 Å². The van der Waals surface area contributed by atoms with Crippen LogP contribution in [0.1, 0.15) is 12.2 Å². The average Bonchev–Trinajstić information content (AvgIpc) is 2.52. The number of aromatic nitrogens is 2. The first kappa shape index (κ1) is 11.4. The quantitative estimate of drug-likeness (QED) is 0.729. The van der Waals surface area contributed by atoms with Gasteiger partial charge in [-0.25, -0.2) is 4.98 Å². The van der Waals surface area contributed by atoms with Crippen LogP contribution < -0.4 is 11.1 Å². The Balaban J connectivity index is 2.15. The van der Waals surface area contributed by atoms with E-state index in [1.807, 2.05) is 6.92 Å². The average molecular weight is 216 g/mol. The molecule has 3 N–H and O–H groups in total. The van der Waals surface area contributed by atoms with Crippen LogP contribution in [0.15, 0.2) is 0 Å². The summed E-state index contributed by atoms with van der Waals surface area (Å²) >= 11 is 1.37. The molecule has 0 amide bonds. The Kier molecular flexibility index (Phi) is 4.78. The summed E-state index contributed by atoms with van der Waals surface area (Å²) < 4.78 is 9.00. The lowest BCUT2D eigenvalue weighted by Crippen LogP contribution is -2.28. The second-order valence-corrected chi connectivity index (χ2v) is 3.83. The van der Waals surface area contributed by atoms with Gasteiger partial charge in [-0.1, -0.05) is 0 Å². The molecule has 1 atom stereocenters. The van der Waals surface area contributed by atoms with Gasteiger partial charge in [-0.15, -0.1) is 0 Å². The minimum absolute atomic E-state index is 0.0847. The van der Waals surface area contributed by atoms with Gasteiger partial charge in [-0.3, -0.25) is 0 Å². The van der Waals surface area contributed by atoms with Crippen molar-refractivity contribution in [2.24, 2.45) is 5.73 Å². The van der Waals surface area contributed by atoms with Gasteiger partial charge >= 0.3 is 0 Å². The zero-order valence-corrected chi connectivity index (χ0v) is 9.30. The maximum Gasteiger partial charge on any atom is 0.202 e. The number of nitrogens with zero attached hydrogens (tertiary/aromatic N) is 2. The number of aryl methyl sites for hydroxylation is 1. The van der Waals surface area contributed by atoms with E-state index in [1.54, 1.807) is 7.11 Å². The summed E-state index contributed by atoms with van der Waals surface area (Å²) in [6.45, 7) is 3.27. The molecule has 0 aliphatic heterocycles. The fourth-order valence-electron chi connectivity index (χ4n) is 1.03. The second-order valence-electron chi connectivity index (χ2n) is 3.08. The second kappa shape index (κ2) is 5.90. The van der Waals surface area contributed by atoms with Gasteiger partial charge in [-0.05, 0) is 13.3 Å². The number of anilines is 1. The largest absolute Gasteiger partial charge is 0.383 e. The number of rotatable bonds is 6.